The van der Waals surface area contributed by atoms with Crippen molar-refractivity contribution < 1.29 is 4.79 Å². The molecule has 0 aliphatic heterocycles. The number of amides is 1. The van der Waals surface area contributed by atoms with Crippen molar-refractivity contribution in [3.8, 4) is 11.1 Å². The molecule has 0 unspecified atom stereocenters. The monoisotopic (exact) mass is 389 g/mol. The number of likely N-dealkylation sites (N-methyl/N-ethyl adjacent to an activating group) is 1. The largest absolute Gasteiger partial charge is 0.353 e. The van der Waals surface area contributed by atoms with Gasteiger partial charge in [-0.3, -0.25) is 4.79 Å². The van der Waals surface area contributed by atoms with Gasteiger partial charge in [0.05, 0.1) is 5.52 Å². The zero-order valence-electron chi connectivity index (χ0n) is 17.2. The van der Waals surface area contributed by atoms with Crippen molar-refractivity contribution in [2.75, 3.05) is 32.5 Å². The van der Waals surface area contributed by atoms with Crippen molar-refractivity contribution in [2.45, 2.75) is 25.8 Å². The zero-order valence-corrected chi connectivity index (χ0v) is 17.2. The van der Waals surface area contributed by atoms with Gasteiger partial charge < -0.3 is 15.5 Å². The minimum Gasteiger partial charge on any atom is -0.353 e. The molecule has 2 N–H and O–H groups in total. The van der Waals surface area contributed by atoms with E-state index in [1.165, 1.54) is 0 Å². The standard InChI is InChI=1S/C23H27N5O/c1-15-4-5-17(22(29)26-19-7-8-19)13-20(15)16-6-9-21-18(12-16)14-25-23(27-21)24-10-11-28(2)3/h4-6,9,12-14,19H,7-8,10-11H2,1-3H3,(H,26,29)(H,24,25,27). The van der Waals surface area contributed by atoms with Crippen molar-refractivity contribution in [2.24, 2.45) is 0 Å². The molecule has 1 aromatic heterocycles. The van der Waals surface area contributed by atoms with Gasteiger partial charge >= 0.3 is 0 Å². The highest BCUT2D eigenvalue weighted by atomic mass is 16.1. The summed E-state index contributed by atoms with van der Waals surface area (Å²) in [6, 6.07) is 12.4. The Labute approximate surface area is 171 Å². The van der Waals surface area contributed by atoms with Crippen molar-refractivity contribution in [3.63, 3.8) is 0 Å². The maximum absolute atomic E-state index is 12.4. The van der Waals surface area contributed by atoms with Crippen molar-refractivity contribution in [1.29, 1.82) is 0 Å². The molecule has 0 saturated heterocycles. The number of nitrogens with zero attached hydrogens (tertiary/aromatic N) is 3. The molecular weight excluding hydrogens is 362 g/mol. The van der Waals surface area contributed by atoms with Gasteiger partial charge in [-0.1, -0.05) is 12.1 Å². The Morgan fingerprint density at radius 1 is 1.17 bits per heavy atom. The summed E-state index contributed by atoms with van der Waals surface area (Å²) in [5.74, 6) is 0.647. The molecule has 1 amide bonds. The second kappa shape index (κ2) is 8.17. The Balaban J connectivity index is 1.58. The van der Waals surface area contributed by atoms with Crippen LogP contribution in [0.4, 0.5) is 5.95 Å². The average Bonchev–Trinajstić information content (AvgIpc) is 3.51. The summed E-state index contributed by atoms with van der Waals surface area (Å²) in [6.07, 6.45) is 4.02. The summed E-state index contributed by atoms with van der Waals surface area (Å²) < 4.78 is 0. The number of benzene rings is 2. The van der Waals surface area contributed by atoms with Gasteiger partial charge in [-0.2, -0.15) is 0 Å². The van der Waals surface area contributed by atoms with Crippen LogP contribution in [-0.4, -0.2) is 54.0 Å². The number of carbonyl (C=O) groups excluding carboxylic acids is 1. The molecule has 1 aliphatic rings. The van der Waals surface area contributed by atoms with E-state index in [2.05, 4.69) is 44.6 Å². The second-order valence-corrected chi connectivity index (χ2v) is 7.97. The quantitative estimate of drug-likeness (QED) is 0.647. The van der Waals surface area contributed by atoms with Gasteiger partial charge in [0, 0.05) is 36.3 Å². The first kappa shape index (κ1) is 19.3. The van der Waals surface area contributed by atoms with Crippen LogP contribution in [0, 0.1) is 6.92 Å². The highest BCUT2D eigenvalue weighted by Crippen LogP contribution is 2.28. The molecule has 2 aromatic carbocycles. The molecule has 1 saturated carbocycles. The number of hydrogen-bond acceptors (Lipinski definition) is 5. The van der Waals surface area contributed by atoms with E-state index >= 15 is 0 Å². The van der Waals surface area contributed by atoms with E-state index in [0.29, 0.717) is 17.6 Å². The lowest BCUT2D eigenvalue weighted by molar-refractivity contribution is 0.0951. The minimum absolute atomic E-state index is 0.00585. The summed E-state index contributed by atoms with van der Waals surface area (Å²) in [5, 5.41) is 7.29. The third-order valence-corrected chi connectivity index (χ3v) is 5.15. The molecule has 0 bridgehead atoms. The maximum Gasteiger partial charge on any atom is 0.251 e. The normalized spacial score (nSPS) is 13.7. The van der Waals surface area contributed by atoms with E-state index in [9.17, 15) is 4.79 Å². The Kier molecular flexibility index (Phi) is 5.45. The van der Waals surface area contributed by atoms with Crippen LogP contribution in [0.3, 0.4) is 0 Å². The van der Waals surface area contributed by atoms with Crippen molar-refractivity contribution in [3.05, 3.63) is 53.7 Å². The summed E-state index contributed by atoms with van der Waals surface area (Å²) in [6.45, 7) is 3.78. The Hall–Kier alpha value is -2.99. The molecule has 6 heteroatoms. The number of aromatic nitrogens is 2. The Bertz CT molecular complexity index is 1040. The SMILES string of the molecule is Cc1ccc(C(=O)NC2CC2)cc1-c1ccc2nc(NCCN(C)C)ncc2c1. The van der Waals surface area contributed by atoms with Gasteiger partial charge in [-0.05, 0) is 74.8 Å². The zero-order chi connectivity index (χ0) is 20.4. The number of hydrogen-bond donors (Lipinski definition) is 2. The van der Waals surface area contributed by atoms with E-state index in [1.54, 1.807) is 0 Å². The van der Waals surface area contributed by atoms with E-state index in [-0.39, 0.29) is 5.91 Å². The van der Waals surface area contributed by atoms with E-state index < -0.39 is 0 Å². The van der Waals surface area contributed by atoms with Gasteiger partial charge in [-0.15, -0.1) is 0 Å². The fourth-order valence-corrected chi connectivity index (χ4v) is 3.25. The molecule has 0 radical (unpaired) electrons. The van der Waals surface area contributed by atoms with Crippen LogP contribution in [0.5, 0.6) is 0 Å². The highest BCUT2D eigenvalue weighted by molar-refractivity contribution is 5.96. The predicted octanol–water partition coefficient (Wildman–Crippen LogP) is 3.47. The van der Waals surface area contributed by atoms with Gasteiger partial charge in [-0.25, -0.2) is 9.97 Å². The lowest BCUT2D eigenvalue weighted by Gasteiger charge is -2.12. The first-order chi connectivity index (χ1) is 14.0. The molecule has 1 heterocycles. The van der Waals surface area contributed by atoms with Crippen LogP contribution in [0.15, 0.2) is 42.6 Å². The van der Waals surface area contributed by atoms with Gasteiger partial charge in [0.15, 0.2) is 0 Å². The molecule has 6 nitrogen and oxygen atoms in total. The number of anilines is 1. The highest BCUT2D eigenvalue weighted by Gasteiger charge is 2.24. The number of nitrogens with one attached hydrogen (secondary N) is 2. The Morgan fingerprint density at radius 2 is 2.00 bits per heavy atom. The third-order valence-electron chi connectivity index (χ3n) is 5.15. The first-order valence-corrected chi connectivity index (χ1v) is 10.1. The molecule has 1 aliphatic carbocycles. The predicted molar refractivity (Wildman–Crippen MR) is 117 cm³/mol. The van der Waals surface area contributed by atoms with Gasteiger partial charge in [0.25, 0.3) is 5.91 Å². The molecular formula is C23H27N5O. The smallest absolute Gasteiger partial charge is 0.251 e. The summed E-state index contributed by atoms with van der Waals surface area (Å²) in [7, 11) is 4.08. The van der Waals surface area contributed by atoms with E-state index in [1.807, 2.05) is 44.6 Å². The fraction of sp³-hybridized carbons (Fsp3) is 0.348. The fourth-order valence-electron chi connectivity index (χ4n) is 3.25. The van der Waals surface area contributed by atoms with Gasteiger partial charge in [0.1, 0.15) is 0 Å². The van der Waals surface area contributed by atoms with E-state index in [0.717, 1.165) is 53.5 Å². The number of fused-ring (bicyclic) bond motifs is 1. The molecule has 29 heavy (non-hydrogen) atoms. The molecule has 0 spiro atoms. The molecule has 150 valence electrons. The van der Waals surface area contributed by atoms with Crippen molar-refractivity contribution in [1.82, 2.24) is 20.2 Å². The second-order valence-electron chi connectivity index (χ2n) is 7.97. The molecule has 0 atom stereocenters. The topological polar surface area (TPSA) is 70.2 Å². The number of carbonyl (C=O) groups is 1. The summed E-state index contributed by atoms with van der Waals surface area (Å²) in [4.78, 5) is 23.6. The summed E-state index contributed by atoms with van der Waals surface area (Å²) in [5.41, 5.74) is 4.86. The van der Waals surface area contributed by atoms with Crippen LogP contribution in [-0.2, 0) is 0 Å². The van der Waals surface area contributed by atoms with Crippen molar-refractivity contribution >= 4 is 22.8 Å². The van der Waals surface area contributed by atoms with Crippen LogP contribution in [0.2, 0.25) is 0 Å². The number of rotatable bonds is 7. The number of aryl methyl sites for hydroxylation is 1. The third kappa shape index (κ3) is 4.71. The molecule has 3 aromatic rings. The van der Waals surface area contributed by atoms with Crippen LogP contribution < -0.4 is 10.6 Å². The first-order valence-electron chi connectivity index (χ1n) is 10.1. The van der Waals surface area contributed by atoms with Crippen LogP contribution in [0.1, 0.15) is 28.8 Å². The lowest BCUT2D eigenvalue weighted by Crippen LogP contribution is -2.25. The average molecular weight is 390 g/mol. The van der Waals surface area contributed by atoms with Crippen LogP contribution in [0.25, 0.3) is 22.0 Å². The van der Waals surface area contributed by atoms with Crippen LogP contribution >= 0.6 is 0 Å². The summed E-state index contributed by atoms with van der Waals surface area (Å²) >= 11 is 0. The minimum atomic E-state index is 0.00585. The molecule has 1 fully saturated rings. The van der Waals surface area contributed by atoms with E-state index in [4.69, 9.17) is 0 Å². The van der Waals surface area contributed by atoms with Gasteiger partial charge in [0.2, 0.25) is 5.95 Å². The lowest BCUT2D eigenvalue weighted by atomic mass is 9.97. The molecule has 4 rings (SSSR count). The maximum atomic E-state index is 12.4. The Morgan fingerprint density at radius 3 is 2.76 bits per heavy atom.